The molecule has 4 heteroatoms. The number of para-hydroxylation sites is 1. The summed E-state index contributed by atoms with van der Waals surface area (Å²) in [5, 5.41) is 0.867. The van der Waals surface area contributed by atoms with Gasteiger partial charge in [-0.25, -0.2) is 4.98 Å². The van der Waals surface area contributed by atoms with E-state index in [9.17, 15) is 4.79 Å². The van der Waals surface area contributed by atoms with E-state index in [4.69, 9.17) is 4.42 Å². The smallest absolute Gasteiger partial charge is 0.255 e. The van der Waals surface area contributed by atoms with Crippen LogP contribution in [0.4, 0.5) is 0 Å². The number of benzene rings is 1. The molecule has 2 aromatic heterocycles. The Hall–Kier alpha value is -2.62. The van der Waals surface area contributed by atoms with E-state index in [2.05, 4.69) is 4.98 Å². The van der Waals surface area contributed by atoms with Crippen LogP contribution in [0.5, 0.6) is 0 Å². The van der Waals surface area contributed by atoms with Gasteiger partial charge in [0.05, 0.1) is 11.1 Å². The van der Waals surface area contributed by atoms with Crippen LogP contribution in [0, 0.1) is 6.92 Å². The van der Waals surface area contributed by atoms with E-state index in [1.165, 1.54) is 0 Å². The molecular formula is C21H24N2O2. The van der Waals surface area contributed by atoms with E-state index < -0.39 is 0 Å². The molecule has 0 aliphatic heterocycles. The van der Waals surface area contributed by atoms with Crippen LogP contribution in [-0.2, 0) is 0 Å². The van der Waals surface area contributed by atoms with Crippen molar-refractivity contribution in [2.45, 2.75) is 46.7 Å². The molecule has 1 amide bonds. The van der Waals surface area contributed by atoms with Gasteiger partial charge in [-0.1, -0.05) is 18.2 Å². The first-order chi connectivity index (χ1) is 11.9. The zero-order valence-corrected chi connectivity index (χ0v) is 15.4. The fourth-order valence-corrected chi connectivity index (χ4v) is 3.26. The van der Waals surface area contributed by atoms with E-state index in [0.29, 0.717) is 17.0 Å². The zero-order valence-electron chi connectivity index (χ0n) is 15.4. The Balaban J connectivity index is 2.20. The summed E-state index contributed by atoms with van der Waals surface area (Å²) >= 11 is 0. The maximum Gasteiger partial charge on any atom is 0.255 e. The van der Waals surface area contributed by atoms with Gasteiger partial charge < -0.3 is 9.32 Å². The number of aryl methyl sites for hydroxylation is 1. The fraction of sp³-hybridized carbons (Fsp3) is 0.333. The number of fused-ring (bicyclic) bond motifs is 1. The molecule has 0 aliphatic rings. The van der Waals surface area contributed by atoms with Crippen molar-refractivity contribution in [3.8, 4) is 11.5 Å². The van der Waals surface area contributed by atoms with Crippen molar-refractivity contribution in [3.05, 3.63) is 53.8 Å². The summed E-state index contributed by atoms with van der Waals surface area (Å²) in [4.78, 5) is 19.9. The maximum atomic E-state index is 13.3. The monoisotopic (exact) mass is 336 g/mol. The topological polar surface area (TPSA) is 46.3 Å². The van der Waals surface area contributed by atoms with Gasteiger partial charge in [0.15, 0.2) is 5.76 Å². The summed E-state index contributed by atoms with van der Waals surface area (Å²) in [6.45, 7) is 10.1. The standard InChI is InChI=1S/C21H24N2O2/c1-13(2)23(14(3)4)21(24)17-12-19(20-11-10-15(5)25-20)22-18-9-7-6-8-16(17)18/h6-14H,1-5H3. The second-order valence-electron chi connectivity index (χ2n) is 6.88. The molecule has 0 radical (unpaired) electrons. The van der Waals surface area contributed by atoms with Crippen molar-refractivity contribution in [3.63, 3.8) is 0 Å². The Morgan fingerprint density at radius 2 is 1.72 bits per heavy atom. The van der Waals surface area contributed by atoms with Gasteiger partial charge in [0.1, 0.15) is 11.5 Å². The summed E-state index contributed by atoms with van der Waals surface area (Å²) in [6, 6.07) is 13.6. The van der Waals surface area contributed by atoms with Crippen LogP contribution in [0.2, 0.25) is 0 Å². The van der Waals surface area contributed by atoms with Gasteiger partial charge in [0.2, 0.25) is 0 Å². The predicted molar refractivity (Wildman–Crippen MR) is 101 cm³/mol. The number of hydrogen-bond donors (Lipinski definition) is 0. The summed E-state index contributed by atoms with van der Waals surface area (Å²) in [5.74, 6) is 1.52. The van der Waals surface area contributed by atoms with E-state index in [0.717, 1.165) is 16.7 Å². The fourth-order valence-electron chi connectivity index (χ4n) is 3.26. The van der Waals surface area contributed by atoms with E-state index >= 15 is 0 Å². The summed E-state index contributed by atoms with van der Waals surface area (Å²) in [6.07, 6.45) is 0. The summed E-state index contributed by atoms with van der Waals surface area (Å²) in [7, 11) is 0. The molecule has 0 saturated heterocycles. The van der Waals surface area contributed by atoms with Crippen LogP contribution in [-0.4, -0.2) is 27.9 Å². The van der Waals surface area contributed by atoms with Crippen molar-refractivity contribution >= 4 is 16.8 Å². The third-order valence-corrected chi connectivity index (χ3v) is 4.29. The lowest BCUT2D eigenvalue weighted by atomic mass is 10.0. The molecule has 2 heterocycles. The highest BCUT2D eigenvalue weighted by Gasteiger charge is 2.24. The third kappa shape index (κ3) is 3.29. The summed E-state index contributed by atoms with van der Waals surface area (Å²) in [5.41, 5.74) is 2.14. The lowest BCUT2D eigenvalue weighted by Gasteiger charge is -2.31. The molecule has 0 aliphatic carbocycles. The molecule has 1 aromatic carbocycles. The zero-order chi connectivity index (χ0) is 18.1. The lowest BCUT2D eigenvalue weighted by Crippen LogP contribution is -2.42. The van der Waals surface area contributed by atoms with Crippen LogP contribution in [0.25, 0.3) is 22.4 Å². The minimum Gasteiger partial charge on any atom is -0.460 e. The quantitative estimate of drug-likeness (QED) is 0.669. The number of furan rings is 1. The van der Waals surface area contributed by atoms with Gasteiger partial charge in [0.25, 0.3) is 5.91 Å². The van der Waals surface area contributed by atoms with Crippen molar-refractivity contribution in [2.75, 3.05) is 0 Å². The molecule has 3 aromatic rings. The van der Waals surface area contributed by atoms with Crippen LogP contribution in [0.3, 0.4) is 0 Å². The highest BCUT2D eigenvalue weighted by atomic mass is 16.3. The number of nitrogens with zero attached hydrogens (tertiary/aromatic N) is 2. The number of hydrogen-bond acceptors (Lipinski definition) is 3. The van der Waals surface area contributed by atoms with Gasteiger partial charge in [-0.05, 0) is 58.9 Å². The van der Waals surface area contributed by atoms with Crippen LogP contribution in [0.1, 0.15) is 43.8 Å². The molecule has 0 bridgehead atoms. The summed E-state index contributed by atoms with van der Waals surface area (Å²) < 4.78 is 5.72. The number of carbonyl (C=O) groups excluding carboxylic acids is 1. The number of pyridine rings is 1. The molecule has 25 heavy (non-hydrogen) atoms. The Morgan fingerprint density at radius 3 is 2.32 bits per heavy atom. The molecule has 0 saturated carbocycles. The average Bonchev–Trinajstić information content (AvgIpc) is 2.99. The van der Waals surface area contributed by atoms with Crippen LogP contribution >= 0.6 is 0 Å². The first-order valence-corrected chi connectivity index (χ1v) is 8.67. The highest BCUT2D eigenvalue weighted by Crippen LogP contribution is 2.27. The second kappa shape index (κ2) is 6.71. The number of rotatable bonds is 4. The number of aromatic nitrogens is 1. The first kappa shape index (κ1) is 17.2. The van der Waals surface area contributed by atoms with E-state index in [-0.39, 0.29) is 18.0 Å². The molecule has 4 nitrogen and oxygen atoms in total. The van der Waals surface area contributed by atoms with Crippen LogP contribution in [0.15, 0.2) is 46.9 Å². The van der Waals surface area contributed by atoms with Crippen LogP contribution < -0.4 is 0 Å². The average molecular weight is 336 g/mol. The third-order valence-electron chi connectivity index (χ3n) is 4.29. The van der Waals surface area contributed by atoms with Gasteiger partial charge in [-0.3, -0.25) is 4.79 Å². The Morgan fingerprint density at radius 1 is 1.04 bits per heavy atom. The number of amides is 1. The van der Waals surface area contributed by atoms with Crippen molar-refractivity contribution in [1.29, 1.82) is 0 Å². The number of carbonyl (C=O) groups is 1. The molecule has 0 fully saturated rings. The molecule has 0 unspecified atom stereocenters. The second-order valence-corrected chi connectivity index (χ2v) is 6.88. The SMILES string of the molecule is Cc1ccc(-c2cc(C(=O)N(C(C)C)C(C)C)c3ccccc3n2)o1. The minimum atomic E-state index is 0.0214. The Labute approximate surface area is 148 Å². The molecule has 0 atom stereocenters. The van der Waals surface area contributed by atoms with E-state index in [1.807, 2.05) is 82.0 Å². The van der Waals surface area contributed by atoms with Gasteiger partial charge in [-0.2, -0.15) is 0 Å². The largest absolute Gasteiger partial charge is 0.460 e. The predicted octanol–water partition coefficient (Wildman–Crippen LogP) is 5.06. The molecule has 0 N–H and O–H groups in total. The Kier molecular flexibility index (Phi) is 4.62. The minimum absolute atomic E-state index is 0.0214. The maximum absolute atomic E-state index is 13.3. The van der Waals surface area contributed by atoms with Gasteiger partial charge >= 0.3 is 0 Å². The normalized spacial score (nSPS) is 11.5. The van der Waals surface area contributed by atoms with Gasteiger partial charge in [-0.15, -0.1) is 0 Å². The highest BCUT2D eigenvalue weighted by molar-refractivity contribution is 6.07. The Bertz CT molecular complexity index is 901. The lowest BCUT2D eigenvalue weighted by molar-refractivity contribution is 0.0646. The van der Waals surface area contributed by atoms with Crippen molar-refractivity contribution in [1.82, 2.24) is 9.88 Å². The molecular weight excluding hydrogens is 312 g/mol. The molecule has 130 valence electrons. The molecule has 3 rings (SSSR count). The first-order valence-electron chi connectivity index (χ1n) is 8.67. The molecule has 0 spiro atoms. The van der Waals surface area contributed by atoms with Crippen molar-refractivity contribution < 1.29 is 9.21 Å². The van der Waals surface area contributed by atoms with E-state index in [1.54, 1.807) is 0 Å². The van der Waals surface area contributed by atoms with Crippen molar-refractivity contribution in [2.24, 2.45) is 0 Å². The van der Waals surface area contributed by atoms with Gasteiger partial charge in [0, 0.05) is 17.5 Å².